The maximum atomic E-state index is 11.4. The van der Waals surface area contributed by atoms with E-state index in [4.69, 9.17) is 0 Å². The van der Waals surface area contributed by atoms with Gasteiger partial charge in [-0.05, 0) is 37.3 Å². The fourth-order valence-electron chi connectivity index (χ4n) is 3.09. The van der Waals surface area contributed by atoms with Gasteiger partial charge in [0, 0.05) is 11.3 Å². The van der Waals surface area contributed by atoms with Crippen LogP contribution in [0.5, 0.6) is 0 Å². The third-order valence-corrected chi connectivity index (χ3v) is 4.16. The molecule has 20 heavy (non-hydrogen) atoms. The summed E-state index contributed by atoms with van der Waals surface area (Å²) in [6.07, 6.45) is 6.69. The molecule has 0 saturated heterocycles. The summed E-state index contributed by atoms with van der Waals surface area (Å²) < 4.78 is 0. The molecule has 0 bridgehead atoms. The summed E-state index contributed by atoms with van der Waals surface area (Å²) in [5.41, 5.74) is 3.75. The van der Waals surface area contributed by atoms with Crippen LogP contribution in [0.2, 0.25) is 0 Å². The van der Waals surface area contributed by atoms with Crippen molar-refractivity contribution in [3.63, 3.8) is 0 Å². The molecule has 0 aliphatic heterocycles. The van der Waals surface area contributed by atoms with E-state index in [2.05, 4.69) is 34.2 Å². The number of rotatable bonds is 2. The van der Waals surface area contributed by atoms with Crippen molar-refractivity contribution >= 4 is 0 Å². The second kappa shape index (κ2) is 5.61. The molecule has 0 unspecified atom stereocenters. The van der Waals surface area contributed by atoms with Crippen LogP contribution in [0.3, 0.4) is 0 Å². The van der Waals surface area contributed by atoms with Gasteiger partial charge in [-0.3, -0.25) is 0 Å². The van der Waals surface area contributed by atoms with Gasteiger partial charge in [-0.25, -0.2) is 4.79 Å². The summed E-state index contributed by atoms with van der Waals surface area (Å²) in [6.45, 7) is 1.88. The van der Waals surface area contributed by atoms with Crippen molar-refractivity contribution in [2.24, 2.45) is 0 Å². The van der Waals surface area contributed by atoms with Crippen LogP contribution in [0.1, 0.15) is 49.3 Å². The fourth-order valence-corrected chi connectivity index (χ4v) is 3.09. The third kappa shape index (κ3) is 2.82. The lowest BCUT2D eigenvalue weighted by Gasteiger charge is -2.22. The highest BCUT2D eigenvalue weighted by molar-refractivity contribution is 5.59. The van der Waals surface area contributed by atoms with Crippen LogP contribution in [0, 0.1) is 6.92 Å². The average molecular weight is 268 g/mol. The van der Waals surface area contributed by atoms with Crippen molar-refractivity contribution in [1.29, 1.82) is 0 Å². The maximum Gasteiger partial charge on any atom is 0.345 e. The standard InChI is InChI=1S/C17H20N2O/c1-12-11-16(19-17(20)18-12)15-9-7-14(8-10-15)13-5-3-2-4-6-13/h7-11,13H,2-6H2,1H3,(H,18,19,20). The Labute approximate surface area is 119 Å². The SMILES string of the molecule is Cc1cc(-c2ccc(C3CCCCC3)cc2)nc(=O)[nH]1. The molecule has 1 aromatic carbocycles. The largest absolute Gasteiger partial charge is 0.345 e. The number of nitrogens with one attached hydrogen (secondary N) is 1. The first-order chi connectivity index (χ1) is 9.72. The van der Waals surface area contributed by atoms with Gasteiger partial charge in [-0.15, -0.1) is 0 Å². The number of hydrogen-bond acceptors (Lipinski definition) is 2. The zero-order valence-electron chi connectivity index (χ0n) is 11.9. The number of aryl methyl sites for hydroxylation is 1. The van der Waals surface area contributed by atoms with Crippen LogP contribution in [-0.4, -0.2) is 9.97 Å². The lowest BCUT2D eigenvalue weighted by molar-refractivity contribution is 0.443. The Morgan fingerprint density at radius 3 is 2.45 bits per heavy atom. The fraction of sp³-hybridized carbons (Fsp3) is 0.412. The molecule has 0 spiro atoms. The van der Waals surface area contributed by atoms with E-state index in [-0.39, 0.29) is 5.69 Å². The van der Waals surface area contributed by atoms with Crippen LogP contribution in [0.15, 0.2) is 35.1 Å². The first kappa shape index (κ1) is 13.1. The maximum absolute atomic E-state index is 11.4. The Bertz CT molecular complexity index is 637. The Balaban J connectivity index is 1.86. The molecule has 1 heterocycles. The molecule has 3 heteroatoms. The third-order valence-electron chi connectivity index (χ3n) is 4.16. The normalized spacial score (nSPS) is 16.2. The molecule has 1 aliphatic carbocycles. The van der Waals surface area contributed by atoms with Crippen LogP contribution in [0.25, 0.3) is 11.3 Å². The lowest BCUT2D eigenvalue weighted by atomic mass is 9.84. The average Bonchev–Trinajstić information content (AvgIpc) is 2.47. The minimum atomic E-state index is -0.281. The Kier molecular flexibility index (Phi) is 3.68. The summed E-state index contributed by atoms with van der Waals surface area (Å²) in [4.78, 5) is 18.1. The Morgan fingerprint density at radius 1 is 1.10 bits per heavy atom. The van der Waals surface area contributed by atoms with Crippen LogP contribution < -0.4 is 5.69 Å². The predicted molar refractivity (Wildman–Crippen MR) is 80.9 cm³/mol. The van der Waals surface area contributed by atoms with Gasteiger partial charge in [-0.1, -0.05) is 43.5 Å². The monoisotopic (exact) mass is 268 g/mol. The first-order valence-corrected chi connectivity index (χ1v) is 7.41. The molecule has 0 radical (unpaired) electrons. The lowest BCUT2D eigenvalue weighted by Crippen LogP contribution is -2.12. The molecule has 3 rings (SSSR count). The van der Waals surface area contributed by atoms with E-state index >= 15 is 0 Å². The van der Waals surface area contributed by atoms with Crippen LogP contribution in [-0.2, 0) is 0 Å². The zero-order chi connectivity index (χ0) is 13.9. The molecular formula is C17H20N2O. The molecule has 0 amide bonds. The van der Waals surface area contributed by atoms with Gasteiger partial charge in [0.2, 0.25) is 0 Å². The Hall–Kier alpha value is -1.90. The van der Waals surface area contributed by atoms with Crippen molar-refractivity contribution in [2.45, 2.75) is 44.9 Å². The van der Waals surface area contributed by atoms with Gasteiger partial charge < -0.3 is 4.98 Å². The molecule has 1 N–H and O–H groups in total. The molecule has 3 nitrogen and oxygen atoms in total. The van der Waals surface area contributed by atoms with E-state index in [1.165, 1.54) is 37.7 Å². The van der Waals surface area contributed by atoms with Crippen molar-refractivity contribution in [3.05, 3.63) is 52.1 Å². The molecule has 2 aromatic rings. The molecule has 104 valence electrons. The van der Waals surface area contributed by atoms with E-state index in [0.717, 1.165) is 17.0 Å². The summed E-state index contributed by atoms with van der Waals surface area (Å²) >= 11 is 0. The van der Waals surface area contributed by atoms with Crippen molar-refractivity contribution < 1.29 is 0 Å². The molecular weight excluding hydrogens is 248 g/mol. The van der Waals surface area contributed by atoms with Gasteiger partial charge in [0.25, 0.3) is 0 Å². The number of hydrogen-bond donors (Lipinski definition) is 1. The van der Waals surface area contributed by atoms with Crippen molar-refractivity contribution in [2.75, 3.05) is 0 Å². The second-order valence-corrected chi connectivity index (χ2v) is 5.71. The molecule has 1 fully saturated rings. The first-order valence-electron chi connectivity index (χ1n) is 7.41. The minimum absolute atomic E-state index is 0.281. The summed E-state index contributed by atoms with van der Waals surface area (Å²) in [6, 6.07) is 10.5. The summed E-state index contributed by atoms with van der Waals surface area (Å²) in [5.74, 6) is 0.715. The van der Waals surface area contributed by atoms with Crippen LogP contribution >= 0.6 is 0 Å². The number of benzene rings is 1. The van der Waals surface area contributed by atoms with E-state index in [1.54, 1.807) is 0 Å². The van der Waals surface area contributed by atoms with Gasteiger partial charge in [-0.2, -0.15) is 4.98 Å². The molecule has 1 saturated carbocycles. The number of aromatic nitrogens is 2. The van der Waals surface area contributed by atoms with Gasteiger partial charge in [0.1, 0.15) is 0 Å². The highest BCUT2D eigenvalue weighted by Gasteiger charge is 2.15. The number of nitrogens with zero attached hydrogens (tertiary/aromatic N) is 1. The topological polar surface area (TPSA) is 45.8 Å². The van der Waals surface area contributed by atoms with Crippen molar-refractivity contribution in [1.82, 2.24) is 9.97 Å². The Morgan fingerprint density at radius 2 is 1.80 bits per heavy atom. The van der Waals surface area contributed by atoms with Crippen molar-refractivity contribution in [3.8, 4) is 11.3 Å². The quantitative estimate of drug-likeness (QED) is 0.900. The molecule has 1 aromatic heterocycles. The highest BCUT2D eigenvalue weighted by atomic mass is 16.1. The van der Waals surface area contributed by atoms with Gasteiger partial charge in [0.05, 0.1) is 5.69 Å². The number of aromatic amines is 1. The van der Waals surface area contributed by atoms with E-state index in [9.17, 15) is 4.79 Å². The summed E-state index contributed by atoms with van der Waals surface area (Å²) in [7, 11) is 0. The zero-order valence-corrected chi connectivity index (χ0v) is 11.9. The van der Waals surface area contributed by atoms with E-state index in [0.29, 0.717) is 5.92 Å². The summed E-state index contributed by atoms with van der Waals surface area (Å²) in [5, 5.41) is 0. The van der Waals surface area contributed by atoms with Gasteiger partial charge in [0.15, 0.2) is 0 Å². The second-order valence-electron chi connectivity index (χ2n) is 5.71. The van der Waals surface area contributed by atoms with E-state index in [1.807, 2.05) is 13.0 Å². The van der Waals surface area contributed by atoms with E-state index < -0.39 is 0 Å². The predicted octanol–water partition coefficient (Wildman–Crippen LogP) is 3.79. The van der Waals surface area contributed by atoms with Gasteiger partial charge >= 0.3 is 5.69 Å². The smallest absolute Gasteiger partial charge is 0.310 e. The van der Waals surface area contributed by atoms with Crippen LogP contribution in [0.4, 0.5) is 0 Å². The molecule has 1 aliphatic rings. The number of H-pyrrole nitrogens is 1. The minimum Gasteiger partial charge on any atom is -0.310 e. The highest BCUT2D eigenvalue weighted by Crippen LogP contribution is 2.33. The molecule has 0 atom stereocenters.